The van der Waals surface area contributed by atoms with Gasteiger partial charge in [0.25, 0.3) is 5.91 Å². The van der Waals surface area contributed by atoms with Gasteiger partial charge < -0.3 is 20.1 Å². The van der Waals surface area contributed by atoms with Crippen molar-refractivity contribution in [3.63, 3.8) is 0 Å². The van der Waals surface area contributed by atoms with Crippen LogP contribution < -0.4 is 20.1 Å². The van der Waals surface area contributed by atoms with Crippen LogP contribution in [0.25, 0.3) is 0 Å². The van der Waals surface area contributed by atoms with E-state index in [1.807, 2.05) is 25.1 Å². The molecule has 3 aromatic rings. The molecule has 2 N–H and O–H groups in total. The maximum atomic E-state index is 12.6. The van der Waals surface area contributed by atoms with Crippen LogP contribution in [0.2, 0.25) is 0 Å². The number of hydrogen-bond donors (Lipinski definition) is 2. The van der Waals surface area contributed by atoms with Crippen molar-refractivity contribution >= 4 is 23.1 Å². The predicted octanol–water partition coefficient (Wildman–Crippen LogP) is 4.11. The minimum atomic E-state index is -0.349. The van der Waals surface area contributed by atoms with Crippen molar-refractivity contribution in [2.45, 2.75) is 13.8 Å². The number of rotatable bonds is 6. The van der Waals surface area contributed by atoms with Crippen LogP contribution in [0.5, 0.6) is 11.5 Å². The fourth-order valence-corrected chi connectivity index (χ4v) is 2.63. The van der Waals surface area contributed by atoms with Crippen molar-refractivity contribution in [1.29, 1.82) is 0 Å². The maximum Gasteiger partial charge on any atom is 0.274 e. The summed E-state index contributed by atoms with van der Waals surface area (Å²) < 4.78 is 10.5. The second-order valence-electron chi connectivity index (χ2n) is 6.24. The van der Waals surface area contributed by atoms with E-state index in [2.05, 4.69) is 27.5 Å². The molecule has 0 spiro atoms. The van der Waals surface area contributed by atoms with Crippen LogP contribution in [0.3, 0.4) is 0 Å². The van der Waals surface area contributed by atoms with Gasteiger partial charge >= 0.3 is 0 Å². The third kappa shape index (κ3) is 4.37. The van der Waals surface area contributed by atoms with Crippen LogP contribution in [-0.2, 0) is 0 Å². The van der Waals surface area contributed by atoms with Crippen molar-refractivity contribution in [3.8, 4) is 11.5 Å². The standard InChI is InChI=1S/C21H22N4O3/c1-13-5-6-15(9-14(13)2)24-20-11-17(22-12-23-20)21(26)25-16-7-8-18(27-3)19(10-16)28-4/h5-12H,1-4H3,(H,25,26)(H,22,23,24). The molecule has 0 bridgehead atoms. The lowest BCUT2D eigenvalue weighted by atomic mass is 10.1. The molecule has 3 rings (SSSR count). The zero-order valence-electron chi connectivity index (χ0n) is 16.2. The molecule has 1 amide bonds. The summed E-state index contributed by atoms with van der Waals surface area (Å²) in [6, 6.07) is 12.8. The number of carbonyl (C=O) groups excluding carboxylic acids is 1. The Morgan fingerprint density at radius 1 is 0.857 bits per heavy atom. The molecule has 0 aliphatic heterocycles. The Morgan fingerprint density at radius 2 is 1.61 bits per heavy atom. The summed E-state index contributed by atoms with van der Waals surface area (Å²) in [5.41, 5.74) is 4.10. The lowest BCUT2D eigenvalue weighted by molar-refractivity contribution is 0.102. The van der Waals surface area contributed by atoms with E-state index in [0.29, 0.717) is 23.0 Å². The zero-order valence-corrected chi connectivity index (χ0v) is 16.2. The third-order valence-electron chi connectivity index (χ3n) is 4.32. The molecular weight excluding hydrogens is 356 g/mol. The summed E-state index contributed by atoms with van der Waals surface area (Å²) in [7, 11) is 3.10. The normalized spacial score (nSPS) is 10.3. The van der Waals surface area contributed by atoms with Gasteiger partial charge in [-0.15, -0.1) is 0 Å². The van der Waals surface area contributed by atoms with Gasteiger partial charge in [0.15, 0.2) is 11.5 Å². The van der Waals surface area contributed by atoms with Crippen molar-refractivity contribution in [1.82, 2.24) is 9.97 Å². The molecule has 1 aromatic heterocycles. The first-order valence-corrected chi connectivity index (χ1v) is 8.70. The highest BCUT2D eigenvalue weighted by Crippen LogP contribution is 2.30. The highest BCUT2D eigenvalue weighted by atomic mass is 16.5. The molecule has 0 unspecified atom stereocenters. The fraction of sp³-hybridized carbons (Fsp3) is 0.190. The number of aromatic nitrogens is 2. The Hall–Kier alpha value is -3.61. The molecule has 144 valence electrons. The Balaban J connectivity index is 1.76. The van der Waals surface area contributed by atoms with Crippen molar-refractivity contribution in [2.75, 3.05) is 24.9 Å². The van der Waals surface area contributed by atoms with Crippen LogP contribution in [0.1, 0.15) is 21.6 Å². The molecule has 0 fully saturated rings. The van der Waals surface area contributed by atoms with E-state index in [1.54, 1.807) is 38.5 Å². The maximum absolute atomic E-state index is 12.6. The Labute approximate surface area is 163 Å². The lowest BCUT2D eigenvalue weighted by Crippen LogP contribution is -2.14. The van der Waals surface area contributed by atoms with Crippen molar-refractivity contribution in [3.05, 3.63) is 65.6 Å². The number of amides is 1. The topological polar surface area (TPSA) is 85.4 Å². The molecule has 0 aliphatic rings. The lowest BCUT2D eigenvalue weighted by Gasteiger charge is -2.11. The van der Waals surface area contributed by atoms with E-state index in [0.717, 1.165) is 5.69 Å². The van der Waals surface area contributed by atoms with E-state index >= 15 is 0 Å². The van der Waals surface area contributed by atoms with Gasteiger partial charge in [0.2, 0.25) is 0 Å². The molecule has 28 heavy (non-hydrogen) atoms. The molecule has 0 atom stereocenters. The van der Waals surface area contributed by atoms with Gasteiger partial charge in [0, 0.05) is 23.5 Å². The van der Waals surface area contributed by atoms with Crippen molar-refractivity contribution in [2.24, 2.45) is 0 Å². The number of aryl methyl sites for hydroxylation is 2. The first-order chi connectivity index (χ1) is 13.5. The van der Waals surface area contributed by atoms with Gasteiger partial charge in [0.1, 0.15) is 17.8 Å². The monoisotopic (exact) mass is 378 g/mol. The molecule has 0 saturated carbocycles. The number of nitrogens with one attached hydrogen (secondary N) is 2. The summed E-state index contributed by atoms with van der Waals surface area (Å²) in [6.07, 6.45) is 1.35. The van der Waals surface area contributed by atoms with E-state index in [9.17, 15) is 4.79 Å². The summed E-state index contributed by atoms with van der Waals surface area (Å²) in [4.78, 5) is 20.8. The summed E-state index contributed by atoms with van der Waals surface area (Å²) in [5.74, 6) is 1.30. The van der Waals surface area contributed by atoms with E-state index in [-0.39, 0.29) is 11.6 Å². The van der Waals surface area contributed by atoms with Crippen LogP contribution >= 0.6 is 0 Å². The Bertz CT molecular complexity index is 1000. The van der Waals surface area contributed by atoms with Gasteiger partial charge in [-0.1, -0.05) is 6.07 Å². The SMILES string of the molecule is COc1ccc(NC(=O)c2cc(Nc3ccc(C)c(C)c3)ncn2)cc1OC. The fourth-order valence-electron chi connectivity index (χ4n) is 2.63. The molecule has 2 aromatic carbocycles. The van der Waals surface area contributed by atoms with E-state index in [4.69, 9.17) is 9.47 Å². The number of anilines is 3. The number of ether oxygens (including phenoxy) is 2. The van der Waals surface area contributed by atoms with Gasteiger partial charge in [-0.3, -0.25) is 4.79 Å². The first kappa shape index (κ1) is 19.2. The van der Waals surface area contributed by atoms with Crippen molar-refractivity contribution < 1.29 is 14.3 Å². The summed E-state index contributed by atoms with van der Waals surface area (Å²) >= 11 is 0. The van der Waals surface area contributed by atoms with Crippen LogP contribution in [0.15, 0.2) is 48.8 Å². The summed E-state index contributed by atoms with van der Waals surface area (Å²) in [6.45, 7) is 4.10. The van der Waals surface area contributed by atoms with Crippen LogP contribution in [-0.4, -0.2) is 30.1 Å². The quantitative estimate of drug-likeness (QED) is 0.671. The number of nitrogens with zero attached hydrogens (tertiary/aromatic N) is 2. The highest BCUT2D eigenvalue weighted by molar-refractivity contribution is 6.03. The largest absolute Gasteiger partial charge is 0.493 e. The van der Waals surface area contributed by atoms with E-state index in [1.165, 1.54) is 17.5 Å². The zero-order chi connectivity index (χ0) is 20.1. The molecule has 7 nitrogen and oxygen atoms in total. The van der Waals surface area contributed by atoms with Gasteiger partial charge in [-0.25, -0.2) is 9.97 Å². The average Bonchev–Trinajstić information content (AvgIpc) is 2.71. The highest BCUT2D eigenvalue weighted by Gasteiger charge is 2.12. The van der Waals surface area contributed by atoms with Gasteiger partial charge in [-0.05, 0) is 49.2 Å². The third-order valence-corrected chi connectivity index (χ3v) is 4.32. The molecule has 1 heterocycles. The Morgan fingerprint density at radius 3 is 2.32 bits per heavy atom. The van der Waals surface area contributed by atoms with Gasteiger partial charge in [-0.2, -0.15) is 0 Å². The minimum absolute atomic E-state index is 0.246. The minimum Gasteiger partial charge on any atom is -0.493 e. The van der Waals surface area contributed by atoms with Crippen LogP contribution in [0.4, 0.5) is 17.2 Å². The second-order valence-corrected chi connectivity index (χ2v) is 6.24. The Kier molecular flexibility index (Phi) is 5.74. The van der Waals surface area contributed by atoms with Crippen LogP contribution in [0, 0.1) is 13.8 Å². The molecule has 0 saturated heterocycles. The van der Waals surface area contributed by atoms with E-state index < -0.39 is 0 Å². The predicted molar refractivity (Wildman–Crippen MR) is 109 cm³/mol. The molecule has 7 heteroatoms. The number of benzene rings is 2. The molecular formula is C21H22N4O3. The first-order valence-electron chi connectivity index (χ1n) is 8.70. The smallest absolute Gasteiger partial charge is 0.274 e. The number of hydrogen-bond acceptors (Lipinski definition) is 6. The second kappa shape index (κ2) is 8.39. The molecule has 0 radical (unpaired) electrons. The number of carbonyl (C=O) groups is 1. The average molecular weight is 378 g/mol. The summed E-state index contributed by atoms with van der Waals surface area (Å²) in [5, 5.41) is 6.00. The molecule has 0 aliphatic carbocycles. The number of methoxy groups -OCH3 is 2. The van der Waals surface area contributed by atoms with Gasteiger partial charge in [0.05, 0.1) is 14.2 Å².